The number of carbonyl (C=O) groups excluding carboxylic acids is 1. The van der Waals surface area contributed by atoms with E-state index in [0.29, 0.717) is 75.9 Å². The molecule has 0 radical (unpaired) electrons. The van der Waals surface area contributed by atoms with Crippen molar-refractivity contribution in [2.75, 3.05) is 79.7 Å². The van der Waals surface area contributed by atoms with Gasteiger partial charge in [0.1, 0.15) is 0 Å². The summed E-state index contributed by atoms with van der Waals surface area (Å²) in [7, 11) is 4.31. The lowest BCUT2D eigenvalue weighted by Gasteiger charge is -2.60. The number of alkyl halides is 3. The van der Waals surface area contributed by atoms with Crippen molar-refractivity contribution < 1.29 is 22.7 Å². The Morgan fingerprint density at radius 3 is 2.27 bits per heavy atom. The van der Waals surface area contributed by atoms with E-state index in [1.807, 2.05) is 24.7 Å². The van der Waals surface area contributed by atoms with Gasteiger partial charge in [-0.2, -0.15) is 13.2 Å². The Balaban J connectivity index is 1.19. The van der Waals surface area contributed by atoms with E-state index in [1.54, 1.807) is 0 Å². The molecule has 2 saturated carbocycles. The van der Waals surface area contributed by atoms with Crippen molar-refractivity contribution in [1.82, 2.24) is 56.4 Å². The van der Waals surface area contributed by atoms with Gasteiger partial charge in [-0.15, -0.1) is 0 Å². The van der Waals surface area contributed by atoms with Gasteiger partial charge in [-0.3, -0.25) is 14.7 Å². The number of ether oxygens (including phenoxy) is 1. The molecule has 5 unspecified atom stereocenters. The second kappa shape index (κ2) is 35.0. The summed E-state index contributed by atoms with van der Waals surface area (Å²) in [5.74, 6) is 2.11. The second-order valence-electron chi connectivity index (χ2n) is 28.6. The summed E-state index contributed by atoms with van der Waals surface area (Å²) in [6, 6.07) is 5.76. The van der Waals surface area contributed by atoms with E-state index in [1.165, 1.54) is 68.5 Å². The number of aryl methyl sites for hydroxylation is 1. The summed E-state index contributed by atoms with van der Waals surface area (Å²) in [5.41, 5.74) is 3.39. The molecule has 89 heavy (non-hydrogen) atoms. The number of nitrogens with one attached hydrogen (secondary N) is 6. The molecule has 504 valence electrons. The van der Waals surface area contributed by atoms with E-state index in [4.69, 9.17) is 21.3 Å². The summed E-state index contributed by atoms with van der Waals surface area (Å²) in [4.78, 5) is 31.6. The molecule has 18 heteroatoms. The Hall–Kier alpha value is -3.68. The molecule has 3 saturated heterocycles. The number of nitrogens with zero attached hydrogens (tertiary/aromatic N) is 6. The quantitative estimate of drug-likeness (QED) is 0.126. The van der Waals surface area contributed by atoms with Gasteiger partial charge in [-0.25, -0.2) is 0 Å². The van der Waals surface area contributed by atoms with Gasteiger partial charge in [0, 0.05) is 168 Å². The van der Waals surface area contributed by atoms with Crippen LogP contribution in [0.1, 0.15) is 184 Å². The third kappa shape index (κ3) is 20.9. The van der Waals surface area contributed by atoms with Gasteiger partial charge >= 0.3 is 6.18 Å². The van der Waals surface area contributed by atoms with Crippen molar-refractivity contribution in [3.8, 4) is 0 Å². The zero-order valence-corrected chi connectivity index (χ0v) is 57.9. The van der Waals surface area contributed by atoms with Crippen molar-refractivity contribution in [1.29, 1.82) is 0 Å². The zero-order chi connectivity index (χ0) is 64.4. The van der Waals surface area contributed by atoms with Crippen LogP contribution in [0, 0.1) is 29.6 Å². The fraction of sp³-hybridized carbons (Fsp3) is 0.775. The smallest absolute Gasteiger partial charge is 0.378 e. The van der Waals surface area contributed by atoms with E-state index in [-0.39, 0.29) is 76.8 Å². The molecule has 1 aromatic rings. The maximum Gasteiger partial charge on any atom is 0.417 e. The van der Waals surface area contributed by atoms with E-state index in [0.717, 1.165) is 88.5 Å². The van der Waals surface area contributed by atoms with Crippen molar-refractivity contribution >= 4 is 23.7 Å². The van der Waals surface area contributed by atoms with Crippen LogP contribution in [0.4, 0.5) is 13.2 Å². The van der Waals surface area contributed by atoms with Gasteiger partial charge in [0.05, 0.1) is 36.3 Å². The molecular formula is C71H120ClF3N12O2. The normalized spacial score (nSPS) is 30.1. The summed E-state index contributed by atoms with van der Waals surface area (Å²) in [6.45, 7) is 33.2. The van der Waals surface area contributed by atoms with Crippen molar-refractivity contribution in [3.05, 3.63) is 82.3 Å². The largest absolute Gasteiger partial charge is 0.417 e. The minimum Gasteiger partial charge on any atom is -0.378 e. The fourth-order valence-electron chi connectivity index (χ4n) is 15.6. The van der Waals surface area contributed by atoms with Crippen LogP contribution >= 0.6 is 11.6 Å². The zero-order valence-electron chi connectivity index (χ0n) is 57.2. The number of carbonyl (C=O) groups is 1. The molecule has 1 amide bonds. The monoisotopic (exact) mass is 1260 g/mol. The lowest BCUT2D eigenvalue weighted by Crippen LogP contribution is -2.76. The summed E-state index contributed by atoms with van der Waals surface area (Å²) < 4.78 is 46.8. The minimum absolute atomic E-state index is 0.0450. The third-order valence-corrected chi connectivity index (χ3v) is 21.4. The molecule has 6 N–H and O–H groups in total. The first kappa shape index (κ1) is 72.7. The van der Waals surface area contributed by atoms with Crippen molar-refractivity contribution in [2.24, 2.45) is 34.6 Å². The number of morpholine rings is 1. The molecule has 11 atom stereocenters. The Morgan fingerprint density at radius 2 is 1.60 bits per heavy atom. The van der Waals surface area contributed by atoms with Crippen LogP contribution < -0.4 is 31.9 Å². The number of hydrogen-bond acceptors (Lipinski definition) is 13. The van der Waals surface area contributed by atoms with Crippen LogP contribution in [0.3, 0.4) is 0 Å². The first-order chi connectivity index (χ1) is 42.5. The molecule has 14 nitrogen and oxygen atoms in total. The van der Waals surface area contributed by atoms with E-state index < -0.39 is 11.7 Å². The van der Waals surface area contributed by atoms with E-state index in [2.05, 4.69) is 159 Å². The van der Waals surface area contributed by atoms with Gasteiger partial charge in [0.25, 0.3) is 0 Å². The SMILES string of the molecule is CC[C@H](C)[C@H]1CN[C@@H](CC(C)C)C(C)NCC2[C@@H](C(=O)N3CCOCC3)C(C)N2[C@@H](C(C)C)C(C)NC2(CCCC2)CNCCN=CC=C(CCc2ccc(C(F)(F)F)c(Cl)c2)NC=CN(C)C=C(CC2CCCCC2)N(C)C=C2CCCN2[C@@H](C)C(C)N1. The van der Waals surface area contributed by atoms with Gasteiger partial charge in [0.2, 0.25) is 5.91 Å². The van der Waals surface area contributed by atoms with Gasteiger partial charge in [-0.1, -0.05) is 111 Å². The first-order valence-corrected chi connectivity index (χ1v) is 35.3. The van der Waals surface area contributed by atoms with Gasteiger partial charge < -0.3 is 56.2 Å². The van der Waals surface area contributed by atoms with Crippen LogP contribution in [-0.2, 0) is 22.1 Å². The summed E-state index contributed by atoms with van der Waals surface area (Å²) >= 11 is 6.20. The van der Waals surface area contributed by atoms with E-state index in [9.17, 15) is 18.0 Å². The molecule has 5 fully saturated rings. The number of amides is 1. The predicted molar refractivity (Wildman–Crippen MR) is 363 cm³/mol. The first-order valence-electron chi connectivity index (χ1n) is 34.9. The molecule has 7 rings (SSSR count). The average Bonchev–Trinajstić information content (AvgIpc) is 1.38. The fourth-order valence-corrected chi connectivity index (χ4v) is 15.9. The molecule has 4 heterocycles. The van der Waals surface area contributed by atoms with Crippen LogP contribution in [0.5, 0.6) is 0 Å². The molecule has 6 aliphatic rings. The van der Waals surface area contributed by atoms with Crippen LogP contribution in [0.2, 0.25) is 5.02 Å². The van der Waals surface area contributed by atoms with Gasteiger partial charge in [0.15, 0.2) is 0 Å². The second-order valence-corrected chi connectivity index (χ2v) is 29.0. The number of rotatable bonds is 11. The Morgan fingerprint density at radius 1 is 0.865 bits per heavy atom. The Labute approximate surface area is 541 Å². The molecule has 0 aromatic heterocycles. The van der Waals surface area contributed by atoms with E-state index >= 15 is 0 Å². The van der Waals surface area contributed by atoms with Crippen LogP contribution in [-0.4, -0.2) is 176 Å². The van der Waals surface area contributed by atoms with Crippen LogP contribution in [0.15, 0.2) is 71.2 Å². The standard InChI is InChI=1S/C71H120ClF3N12O2/c1-14-51(6)65-44-80-64(41-49(2)3)53(8)79-45-66-67(69(88)85-37-39-89-40-38-85)56(11)87(66)68(50(4)5)54(9)82-70(29-18-19-30-70)48-77-33-32-76-31-28-59(26-24-58-25-27-62(63(72)43-58)71(73,74)75)78-34-36-83(12)46-61(42-57-21-16-15-17-22-57)84(13)47-60-23-20-35-86(60)55(10)52(7)81-65/h25,27-28,31,34,36,43,46-47,49-57,64-68,77-82H,14-24,26,29-30,32-33,35,37-42,44-45,48H2,1-13H3/t51-,52?,53?,54?,55-,56?,64-,65+,66?,67-,68-/m0/s1. The molecule has 2 aliphatic carbocycles. The lowest BCUT2D eigenvalue weighted by atomic mass is 9.74. The summed E-state index contributed by atoms with van der Waals surface area (Å²) in [6.07, 6.45) is 25.3. The highest BCUT2D eigenvalue weighted by Crippen LogP contribution is 2.41. The number of aliphatic imine (C=N–C) groups is 1. The highest BCUT2D eigenvalue weighted by molar-refractivity contribution is 6.31. The molecule has 4 aliphatic heterocycles. The number of benzene rings is 1. The summed E-state index contributed by atoms with van der Waals surface area (Å²) in [5, 5.41) is 23.8. The number of allylic oxidation sites excluding steroid dienone is 4. The van der Waals surface area contributed by atoms with Gasteiger partial charge in [-0.05, 0) is 133 Å². The predicted octanol–water partition coefficient (Wildman–Crippen LogP) is 12.1. The van der Waals surface area contributed by atoms with Crippen LogP contribution in [0.25, 0.3) is 0 Å². The molecule has 1 spiro atoms. The molecular weight excluding hydrogens is 1150 g/mol. The average molecular weight is 1270 g/mol. The Kier molecular flexibility index (Phi) is 28.6. The minimum atomic E-state index is -4.52. The maximum atomic E-state index is 14.7. The van der Waals surface area contributed by atoms with Crippen molar-refractivity contribution in [3.63, 3.8) is 0 Å². The highest BCUT2D eigenvalue weighted by Gasteiger charge is 2.55. The topological polar surface area (TPSA) is 127 Å². The third-order valence-electron chi connectivity index (χ3n) is 21.1. The van der Waals surface area contributed by atoms with Crippen molar-refractivity contribution in [2.45, 2.75) is 245 Å². The number of fused-ring (bicyclic) bond motifs is 2. The Bertz CT molecular complexity index is 2470. The number of halogens is 4. The molecule has 1 aromatic carbocycles. The highest BCUT2D eigenvalue weighted by atomic mass is 35.5. The lowest BCUT2D eigenvalue weighted by molar-refractivity contribution is -0.164. The number of hydrogen-bond donors (Lipinski definition) is 6. The molecule has 0 bridgehead atoms. The maximum absolute atomic E-state index is 14.7.